The van der Waals surface area contributed by atoms with Crippen LogP contribution in [0.15, 0.2) is 48.5 Å². The molecule has 4 heteroatoms. The summed E-state index contributed by atoms with van der Waals surface area (Å²) in [6.07, 6.45) is 3.99. The van der Waals surface area contributed by atoms with Crippen LogP contribution in [-0.2, 0) is 0 Å². The van der Waals surface area contributed by atoms with E-state index in [0.717, 1.165) is 35.2 Å². The lowest BCUT2D eigenvalue weighted by atomic mass is 10.1. The molecule has 0 bridgehead atoms. The van der Waals surface area contributed by atoms with Gasteiger partial charge in [0.1, 0.15) is 11.5 Å². The SMILES string of the molecule is CC(O)Oc1ccc(-c2ccc(OCCCCCCBr)cc2)cc1. The van der Waals surface area contributed by atoms with E-state index in [1.807, 2.05) is 36.4 Å². The zero-order chi connectivity index (χ0) is 17.2. The largest absolute Gasteiger partial charge is 0.494 e. The van der Waals surface area contributed by atoms with Crippen molar-refractivity contribution in [2.75, 3.05) is 11.9 Å². The van der Waals surface area contributed by atoms with Crippen molar-refractivity contribution in [1.29, 1.82) is 0 Å². The van der Waals surface area contributed by atoms with Crippen molar-refractivity contribution >= 4 is 15.9 Å². The van der Waals surface area contributed by atoms with Crippen molar-refractivity contribution in [3.05, 3.63) is 48.5 Å². The van der Waals surface area contributed by atoms with E-state index in [2.05, 4.69) is 28.1 Å². The van der Waals surface area contributed by atoms with Gasteiger partial charge < -0.3 is 14.6 Å². The predicted molar refractivity (Wildman–Crippen MR) is 102 cm³/mol. The van der Waals surface area contributed by atoms with Crippen molar-refractivity contribution in [3.8, 4) is 22.6 Å². The van der Waals surface area contributed by atoms with Gasteiger partial charge in [0.05, 0.1) is 6.61 Å². The minimum Gasteiger partial charge on any atom is -0.494 e. The molecule has 1 unspecified atom stereocenters. The minimum atomic E-state index is -0.799. The standard InChI is InChI=1S/C20H25BrO3/c1-16(22)24-20-12-8-18(9-13-20)17-6-10-19(11-7-17)23-15-5-3-2-4-14-21/h6-13,16,22H,2-5,14-15H2,1H3. The smallest absolute Gasteiger partial charge is 0.194 e. The van der Waals surface area contributed by atoms with Crippen LogP contribution in [0, 0.1) is 0 Å². The summed E-state index contributed by atoms with van der Waals surface area (Å²) in [4.78, 5) is 0. The lowest BCUT2D eigenvalue weighted by Gasteiger charge is -2.10. The fourth-order valence-electron chi connectivity index (χ4n) is 2.41. The van der Waals surface area contributed by atoms with Crippen molar-refractivity contribution in [3.63, 3.8) is 0 Å². The molecule has 3 nitrogen and oxygen atoms in total. The molecule has 2 aromatic carbocycles. The highest BCUT2D eigenvalue weighted by Crippen LogP contribution is 2.25. The molecule has 2 aromatic rings. The van der Waals surface area contributed by atoms with E-state index >= 15 is 0 Å². The summed E-state index contributed by atoms with van der Waals surface area (Å²) in [7, 11) is 0. The summed E-state index contributed by atoms with van der Waals surface area (Å²) in [6.45, 7) is 2.36. The van der Waals surface area contributed by atoms with Gasteiger partial charge in [-0.3, -0.25) is 0 Å². The molecule has 0 fully saturated rings. The van der Waals surface area contributed by atoms with Crippen LogP contribution in [0.4, 0.5) is 0 Å². The Labute approximate surface area is 152 Å². The lowest BCUT2D eigenvalue weighted by Crippen LogP contribution is -2.09. The Morgan fingerprint density at radius 3 is 1.92 bits per heavy atom. The van der Waals surface area contributed by atoms with Crippen LogP contribution in [0.5, 0.6) is 11.5 Å². The van der Waals surface area contributed by atoms with Crippen molar-refractivity contribution in [2.45, 2.75) is 38.9 Å². The van der Waals surface area contributed by atoms with Crippen LogP contribution in [0.2, 0.25) is 0 Å². The Morgan fingerprint density at radius 2 is 1.38 bits per heavy atom. The molecule has 0 heterocycles. The van der Waals surface area contributed by atoms with Gasteiger partial charge in [-0.05, 0) is 55.2 Å². The van der Waals surface area contributed by atoms with Gasteiger partial charge in [0.2, 0.25) is 0 Å². The van der Waals surface area contributed by atoms with E-state index in [0.29, 0.717) is 5.75 Å². The van der Waals surface area contributed by atoms with E-state index < -0.39 is 6.29 Å². The number of alkyl halides is 1. The Bertz CT molecular complexity index is 579. The monoisotopic (exact) mass is 392 g/mol. The van der Waals surface area contributed by atoms with Crippen LogP contribution in [-0.4, -0.2) is 23.3 Å². The molecule has 0 radical (unpaired) electrons. The Morgan fingerprint density at radius 1 is 0.833 bits per heavy atom. The normalized spacial score (nSPS) is 12.0. The maximum absolute atomic E-state index is 9.22. The maximum atomic E-state index is 9.22. The van der Waals surface area contributed by atoms with Gasteiger partial charge in [0.15, 0.2) is 6.29 Å². The second kappa shape index (κ2) is 10.4. The average molecular weight is 393 g/mol. The maximum Gasteiger partial charge on any atom is 0.194 e. The zero-order valence-electron chi connectivity index (χ0n) is 14.1. The van der Waals surface area contributed by atoms with Crippen LogP contribution in [0.3, 0.4) is 0 Å². The molecule has 1 atom stereocenters. The third-order valence-corrected chi connectivity index (χ3v) is 4.21. The molecule has 0 aliphatic rings. The molecule has 0 aliphatic carbocycles. The number of hydrogen-bond acceptors (Lipinski definition) is 3. The number of unbranched alkanes of at least 4 members (excludes halogenated alkanes) is 3. The first-order valence-electron chi connectivity index (χ1n) is 8.43. The van der Waals surface area contributed by atoms with E-state index in [1.165, 1.54) is 19.3 Å². The number of benzene rings is 2. The Balaban J connectivity index is 1.83. The van der Waals surface area contributed by atoms with Crippen LogP contribution < -0.4 is 9.47 Å². The zero-order valence-corrected chi connectivity index (χ0v) is 15.7. The average Bonchev–Trinajstić information content (AvgIpc) is 2.59. The number of aliphatic hydroxyl groups is 1. The molecular weight excluding hydrogens is 368 g/mol. The molecule has 1 N–H and O–H groups in total. The Kier molecular flexibility index (Phi) is 8.13. The van der Waals surface area contributed by atoms with Crippen LogP contribution in [0.25, 0.3) is 11.1 Å². The van der Waals surface area contributed by atoms with Crippen molar-refractivity contribution in [2.24, 2.45) is 0 Å². The highest BCUT2D eigenvalue weighted by molar-refractivity contribution is 9.09. The number of hydrogen-bond donors (Lipinski definition) is 1. The minimum absolute atomic E-state index is 0.661. The van der Waals surface area contributed by atoms with Gasteiger partial charge >= 0.3 is 0 Å². The first kappa shape index (κ1) is 18.8. The number of aliphatic hydroxyl groups excluding tert-OH is 1. The van der Waals surface area contributed by atoms with Gasteiger partial charge in [-0.1, -0.05) is 53.0 Å². The quantitative estimate of drug-likeness (QED) is 0.334. The molecule has 0 spiro atoms. The summed E-state index contributed by atoms with van der Waals surface area (Å²) >= 11 is 3.45. The number of ether oxygens (including phenoxy) is 2. The van der Waals surface area contributed by atoms with E-state index in [9.17, 15) is 5.11 Å². The highest BCUT2D eigenvalue weighted by atomic mass is 79.9. The molecule has 24 heavy (non-hydrogen) atoms. The van der Waals surface area contributed by atoms with Gasteiger partial charge in [-0.15, -0.1) is 0 Å². The van der Waals surface area contributed by atoms with Crippen molar-refractivity contribution in [1.82, 2.24) is 0 Å². The molecular formula is C20H25BrO3. The molecule has 0 saturated heterocycles. The summed E-state index contributed by atoms with van der Waals surface area (Å²) < 4.78 is 11.0. The van der Waals surface area contributed by atoms with E-state index in [4.69, 9.17) is 9.47 Å². The second-order valence-corrected chi connectivity index (χ2v) is 6.51. The topological polar surface area (TPSA) is 38.7 Å². The predicted octanol–water partition coefficient (Wildman–Crippen LogP) is 5.40. The first-order chi connectivity index (χ1) is 11.7. The molecule has 2 rings (SSSR count). The van der Waals surface area contributed by atoms with E-state index in [-0.39, 0.29) is 0 Å². The number of rotatable bonds is 10. The van der Waals surface area contributed by atoms with Gasteiger partial charge in [0, 0.05) is 5.33 Å². The summed E-state index contributed by atoms with van der Waals surface area (Å²) in [5.74, 6) is 1.57. The Hall–Kier alpha value is -1.52. The summed E-state index contributed by atoms with van der Waals surface area (Å²) in [6, 6.07) is 15.8. The molecule has 130 valence electrons. The lowest BCUT2D eigenvalue weighted by molar-refractivity contribution is -0.000282. The molecule has 0 aliphatic heterocycles. The van der Waals surface area contributed by atoms with Gasteiger partial charge in [0.25, 0.3) is 0 Å². The fraction of sp³-hybridized carbons (Fsp3) is 0.400. The third-order valence-electron chi connectivity index (χ3n) is 3.65. The van der Waals surface area contributed by atoms with Gasteiger partial charge in [-0.2, -0.15) is 0 Å². The summed E-state index contributed by atoms with van der Waals surface area (Å²) in [5.41, 5.74) is 2.23. The molecule has 0 amide bonds. The van der Waals surface area contributed by atoms with Crippen LogP contribution in [0.1, 0.15) is 32.6 Å². The van der Waals surface area contributed by atoms with Gasteiger partial charge in [-0.25, -0.2) is 0 Å². The van der Waals surface area contributed by atoms with Crippen LogP contribution >= 0.6 is 15.9 Å². The third kappa shape index (κ3) is 6.54. The highest BCUT2D eigenvalue weighted by Gasteiger charge is 2.02. The van der Waals surface area contributed by atoms with E-state index in [1.54, 1.807) is 6.92 Å². The molecule has 0 aromatic heterocycles. The first-order valence-corrected chi connectivity index (χ1v) is 9.55. The van der Waals surface area contributed by atoms with Crippen molar-refractivity contribution < 1.29 is 14.6 Å². The summed E-state index contributed by atoms with van der Waals surface area (Å²) in [5, 5.41) is 10.3. The second-order valence-electron chi connectivity index (χ2n) is 5.72. The fourth-order valence-corrected chi connectivity index (χ4v) is 2.80. The molecule has 0 saturated carbocycles. The number of halogens is 1.